The van der Waals surface area contributed by atoms with Gasteiger partial charge in [0.05, 0.1) is 4.91 Å². The second-order valence-corrected chi connectivity index (χ2v) is 5.57. The number of carbonyl (C=O) groups is 1. The van der Waals surface area contributed by atoms with Crippen LogP contribution in [0.15, 0.2) is 22.6 Å². The Balaban J connectivity index is 2.86. The molecule has 0 aliphatic heterocycles. The fourth-order valence-electron chi connectivity index (χ4n) is 1.32. The summed E-state index contributed by atoms with van der Waals surface area (Å²) in [4.78, 5) is 11.3. The van der Waals surface area contributed by atoms with E-state index in [0.717, 1.165) is 0 Å². The van der Waals surface area contributed by atoms with Crippen molar-refractivity contribution in [2.45, 2.75) is 33.2 Å². The maximum absolute atomic E-state index is 11.7. The Kier molecular flexibility index (Phi) is 3.46. The molecule has 0 spiro atoms. The Morgan fingerprint density at radius 1 is 1.47 bits per heavy atom. The van der Waals surface area contributed by atoms with Crippen LogP contribution in [0.3, 0.4) is 0 Å². The van der Waals surface area contributed by atoms with E-state index in [4.69, 9.17) is 0 Å². The van der Waals surface area contributed by atoms with Crippen molar-refractivity contribution in [1.29, 1.82) is 0 Å². The van der Waals surface area contributed by atoms with Crippen LogP contribution in [0.25, 0.3) is 0 Å². The van der Waals surface area contributed by atoms with Crippen molar-refractivity contribution in [2.24, 2.45) is 0 Å². The molecule has 0 heterocycles. The molecule has 0 aromatic heterocycles. The zero-order valence-electron chi connectivity index (χ0n) is 9.07. The van der Waals surface area contributed by atoms with Crippen LogP contribution in [-0.2, 0) is 14.8 Å². The molecule has 0 saturated heterocycles. The number of Topliss-reactive ketones (excluding diaryl/α,β-unsaturated/α-hetero) is 1. The second kappa shape index (κ2) is 4.28. The van der Waals surface area contributed by atoms with Crippen LogP contribution in [-0.4, -0.2) is 20.2 Å². The molecule has 0 aromatic carbocycles. The summed E-state index contributed by atoms with van der Waals surface area (Å²) in [5.74, 6) is -0.107. The maximum Gasteiger partial charge on any atom is 0.237 e. The van der Waals surface area contributed by atoms with Gasteiger partial charge in [0.25, 0.3) is 0 Å². The Bertz CT molecular complexity index is 430. The van der Waals surface area contributed by atoms with Gasteiger partial charge in [0.1, 0.15) is 0 Å². The lowest BCUT2D eigenvalue weighted by molar-refractivity contribution is -0.113. The molecule has 0 radical (unpaired) electrons. The van der Waals surface area contributed by atoms with Crippen molar-refractivity contribution in [1.82, 2.24) is 4.72 Å². The molecule has 5 heteroatoms. The lowest BCUT2D eigenvalue weighted by Crippen LogP contribution is -2.30. The normalized spacial score (nSPS) is 16.5. The number of hydrogen-bond donors (Lipinski definition) is 1. The van der Waals surface area contributed by atoms with Crippen LogP contribution in [0, 0.1) is 0 Å². The summed E-state index contributed by atoms with van der Waals surface area (Å²) in [6.45, 7) is 4.94. The van der Waals surface area contributed by atoms with E-state index >= 15 is 0 Å². The molecule has 1 rings (SSSR count). The summed E-state index contributed by atoms with van der Waals surface area (Å²) >= 11 is 0. The number of allylic oxidation sites excluding steroid dienone is 4. The van der Waals surface area contributed by atoms with Gasteiger partial charge >= 0.3 is 0 Å². The molecule has 0 atom stereocenters. The van der Waals surface area contributed by atoms with Crippen molar-refractivity contribution >= 4 is 15.8 Å². The zero-order valence-corrected chi connectivity index (χ0v) is 9.89. The lowest BCUT2D eigenvalue weighted by Gasteiger charge is -2.09. The molecule has 84 valence electrons. The second-order valence-electron chi connectivity index (χ2n) is 3.81. The quantitative estimate of drug-likeness (QED) is 0.785. The SMILES string of the molecule is CC(=O)C1=CCC(S(=O)(=O)NC(C)C)=C1. The third-order valence-corrected chi connectivity index (χ3v) is 3.74. The van der Waals surface area contributed by atoms with Crippen LogP contribution < -0.4 is 4.72 Å². The Morgan fingerprint density at radius 2 is 2.07 bits per heavy atom. The van der Waals surface area contributed by atoms with Gasteiger partial charge in [-0.1, -0.05) is 6.08 Å². The molecule has 15 heavy (non-hydrogen) atoms. The highest BCUT2D eigenvalue weighted by Gasteiger charge is 2.22. The molecule has 4 nitrogen and oxygen atoms in total. The molecule has 1 aliphatic rings. The van der Waals surface area contributed by atoms with Crippen LogP contribution in [0.4, 0.5) is 0 Å². The molecule has 0 saturated carbocycles. The van der Waals surface area contributed by atoms with E-state index in [1.54, 1.807) is 19.9 Å². The number of carbonyl (C=O) groups excluding carboxylic acids is 1. The van der Waals surface area contributed by atoms with Crippen molar-refractivity contribution in [2.75, 3.05) is 0 Å². The smallest absolute Gasteiger partial charge is 0.237 e. The molecule has 0 amide bonds. The standard InChI is InChI=1S/C10H15NO3S/c1-7(2)11-15(13,14)10-5-4-9(6-10)8(3)12/h4,6-7,11H,5H2,1-3H3. The van der Waals surface area contributed by atoms with E-state index < -0.39 is 10.0 Å². The van der Waals surface area contributed by atoms with Gasteiger partial charge in [-0.25, -0.2) is 13.1 Å². The molecule has 0 bridgehead atoms. The molecule has 1 N–H and O–H groups in total. The summed E-state index contributed by atoms with van der Waals surface area (Å²) in [6.07, 6.45) is 3.38. The predicted molar refractivity (Wildman–Crippen MR) is 58.7 cm³/mol. The first kappa shape index (κ1) is 12.1. The minimum atomic E-state index is -3.42. The maximum atomic E-state index is 11.7. The average molecular weight is 229 g/mol. The summed E-state index contributed by atoms with van der Waals surface area (Å²) in [6, 6.07) is -0.141. The fourth-order valence-corrected chi connectivity index (χ4v) is 2.68. The van der Waals surface area contributed by atoms with Crippen molar-refractivity contribution in [3.63, 3.8) is 0 Å². The molecule has 0 fully saturated rings. The fraction of sp³-hybridized carbons (Fsp3) is 0.500. The number of hydrogen-bond acceptors (Lipinski definition) is 3. The Hall–Kier alpha value is -0.940. The first-order chi connectivity index (χ1) is 6.83. The van der Waals surface area contributed by atoms with Gasteiger partial charge in [-0.2, -0.15) is 0 Å². The van der Waals surface area contributed by atoms with Gasteiger partial charge in [0.15, 0.2) is 5.78 Å². The van der Waals surface area contributed by atoms with Crippen molar-refractivity contribution < 1.29 is 13.2 Å². The van der Waals surface area contributed by atoms with E-state index in [9.17, 15) is 13.2 Å². The summed E-state index contributed by atoms with van der Waals surface area (Å²) in [5.41, 5.74) is 0.471. The van der Waals surface area contributed by atoms with E-state index in [2.05, 4.69) is 4.72 Å². The minimum absolute atomic E-state index is 0.107. The van der Waals surface area contributed by atoms with Gasteiger partial charge < -0.3 is 0 Å². The molecular weight excluding hydrogens is 214 g/mol. The first-order valence-corrected chi connectivity index (χ1v) is 6.25. The van der Waals surface area contributed by atoms with Crippen molar-refractivity contribution in [3.8, 4) is 0 Å². The van der Waals surface area contributed by atoms with Crippen LogP contribution >= 0.6 is 0 Å². The van der Waals surface area contributed by atoms with Crippen molar-refractivity contribution in [3.05, 3.63) is 22.6 Å². The molecule has 0 aromatic rings. The number of ketones is 1. The minimum Gasteiger partial charge on any atom is -0.295 e. The van der Waals surface area contributed by atoms with Gasteiger partial charge in [0, 0.05) is 18.0 Å². The highest BCUT2D eigenvalue weighted by Crippen LogP contribution is 2.22. The third-order valence-electron chi connectivity index (χ3n) is 1.98. The Labute approximate surface area is 90.1 Å². The van der Waals surface area contributed by atoms with E-state index in [1.165, 1.54) is 13.0 Å². The van der Waals surface area contributed by atoms with Gasteiger partial charge in [-0.3, -0.25) is 4.79 Å². The van der Waals surface area contributed by atoms with E-state index in [0.29, 0.717) is 12.0 Å². The summed E-state index contributed by atoms with van der Waals surface area (Å²) < 4.78 is 25.9. The average Bonchev–Trinajstić information content (AvgIpc) is 2.48. The molecule has 1 aliphatic carbocycles. The van der Waals surface area contributed by atoms with E-state index in [-0.39, 0.29) is 16.7 Å². The van der Waals surface area contributed by atoms with Crippen LogP contribution in [0.1, 0.15) is 27.2 Å². The highest BCUT2D eigenvalue weighted by molar-refractivity contribution is 7.93. The first-order valence-electron chi connectivity index (χ1n) is 4.77. The summed E-state index contributed by atoms with van der Waals surface area (Å²) in [7, 11) is -3.42. The predicted octanol–water partition coefficient (Wildman–Crippen LogP) is 1.12. The monoisotopic (exact) mass is 229 g/mol. The number of nitrogens with one attached hydrogen (secondary N) is 1. The lowest BCUT2D eigenvalue weighted by atomic mass is 10.2. The largest absolute Gasteiger partial charge is 0.295 e. The van der Waals surface area contributed by atoms with Crippen LogP contribution in [0.2, 0.25) is 0 Å². The number of sulfonamides is 1. The van der Waals surface area contributed by atoms with Gasteiger partial charge in [-0.15, -0.1) is 0 Å². The number of rotatable bonds is 4. The molecular formula is C10H15NO3S. The van der Waals surface area contributed by atoms with E-state index in [1.807, 2.05) is 0 Å². The summed E-state index contributed by atoms with van der Waals surface area (Å²) in [5, 5.41) is 0. The zero-order chi connectivity index (χ0) is 11.6. The Morgan fingerprint density at radius 3 is 2.47 bits per heavy atom. The van der Waals surface area contributed by atoms with Gasteiger partial charge in [0.2, 0.25) is 10.0 Å². The molecule has 0 unspecified atom stereocenters. The van der Waals surface area contributed by atoms with Gasteiger partial charge in [-0.05, 0) is 26.8 Å². The van der Waals surface area contributed by atoms with Crippen LogP contribution in [0.5, 0.6) is 0 Å². The third kappa shape index (κ3) is 3.00. The highest BCUT2D eigenvalue weighted by atomic mass is 32.2. The topological polar surface area (TPSA) is 63.2 Å².